The van der Waals surface area contributed by atoms with Crippen LogP contribution in [0.25, 0.3) is 17.1 Å². The summed E-state index contributed by atoms with van der Waals surface area (Å²) in [5.41, 5.74) is 6.37. The van der Waals surface area contributed by atoms with Crippen molar-refractivity contribution < 1.29 is 4.39 Å². The third-order valence-electron chi connectivity index (χ3n) is 9.27. The van der Waals surface area contributed by atoms with Crippen molar-refractivity contribution in [3.63, 3.8) is 0 Å². The molecule has 1 aliphatic carbocycles. The molecule has 0 amide bonds. The topological polar surface area (TPSA) is 34.0 Å². The second kappa shape index (κ2) is 12.5. The largest absolute Gasteiger partial charge is 0.326 e. The number of aryl methyl sites for hydroxylation is 2. The lowest BCUT2D eigenvalue weighted by Crippen LogP contribution is -2.37. The van der Waals surface area contributed by atoms with E-state index in [1.165, 1.54) is 42.4 Å². The second-order valence-electron chi connectivity index (χ2n) is 11.9. The van der Waals surface area contributed by atoms with Crippen LogP contribution in [0.5, 0.6) is 0 Å². The number of hydrogen-bond donors (Lipinski definition) is 0. The molecule has 41 heavy (non-hydrogen) atoms. The van der Waals surface area contributed by atoms with E-state index in [2.05, 4.69) is 59.4 Å². The molecule has 1 saturated heterocycles. The fraction of sp³-hybridized carbons (Fsp3) is 0.429. The van der Waals surface area contributed by atoms with Crippen LogP contribution in [0.2, 0.25) is 5.02 Å². The van der Waals surface area contributed by atoms with Gasteiger partial charge >= 0.3 is 0 Å². The van der Waals surface area contributed by atoms with Gasteiger partial charge in [-0.05, 0) is 111 Å². The maximum absolute atomic E-state index is 14.3. The fourth-order valence-electron chi connectivity index (χ4n) is 6.63. The third-order valence-corrected chi connectivity index (χ3v) is 9.51. The molecule has 1 atom stereocenters. The summed E-state index contributed by atoms with van der Waals surface area (Å²) in [6, 6.07) is 18.1. The maximum atomic E-state index is 14.3. The molecular formula is C35H40ClFN4. The van der Waals surface area contributed by atoms with Crippen LogP contribution in [0, 0.1) is 11.7 Å². The first-order chi connectivity index (χ1) is 20.0. The van der Waals surface area contributed by atoms with Crippen LogP contribution in [0.4, 0.5) is 4.39 Å². The van der Waals surface area contributed by atoms with Crippen LogP contribution in [0.3, 0.4) is 0 Å². The molecule has 1 aliphatic heterocycles. The molecule has 0 N–H and O–H groups in total. The average Bonchev–Trinajstić information content (AvgIpc) is 3.32. The number of rotatable bonds is 10. The van der Waals surface area contributed by atoms with Gasteiger partial charge in [-0.2, -0.15) is 0 Å². The highest BCUT2D eigenvalue weighted by Gasteiger charge is 2.31. The standard InChI is InChI=1S/C35H40ClFN4/c1-3-24-11-16-32-34(21-24)41(23-25-7-5-8-25)35(39-32)33(4-2)40-19-17-27(18-20-40)31-10-6-9-29(38-31)15-13-26-12-14-28(36)22-30(26)37/h3,6,9-12,14,16,21-22,25,27,33H,1,4-5,7-8,13,15,17-20,23H2,2H3. The molecule has 0 bridgehead atoms. The number of imidazole rings is 1. The van der Waals surface area contributed by atoms with E-state index in [0.29, 0.717) is 35.4 Å². The van der Waals surface area contributed by atoms with E-state index in [0.717, 1.165) is 61.6 Å². The number of pyridine rings is 1. The van der Waals surface area contributed by atoms with E-state index < -0.39 is 0 Å². The molecular weight excluding hydrogens is 531 g/mol. The summed E-state index contributed by atoms with van der Waals surface area (Å²) in [5.74, 6) is 2.19. The Labute approximate surface area is 248 Å². The highest BCUT2D eigenvalue weighted by molar-refractivity contribution is 6.30. The Balaban J connectivity index is 1.15. The van der Waals surface area contributed by atoms with E-state index in [1.54, 1.807) is 12.1 Å². The van der Waals surface area contributed by atoms with Gasteiger partial charge in [0.25, 0.3) is 0 Å². The van der Waals surface area contributed by atoms with Crippen molar-refractivity contribution in [2.45, 2.75) is 76.8 Å². The van der Waals surface area contributed by atoms with Crippen molar-refractivity contribution in [3.05, 3.63) is 100 Å². The van der Waals surface area contributed by atoms with Crippen molar-refractivity contribution in [3.8, 4) is 0 Å². The van der Waals surface area contributed by atoms with Crippen LogP contribution in [0.15, 0.2) is 61.2 Å². The molecule has 2 aromatic carbocycles. The van der Waals surface area contributed by atoms with Crippen LogP contribution >= 0.6 is 11.6 Å². The van der Waals surface area contributed by atoms with Crippen molar-refractivity contribution in [1.82, 2.24) is 19.4 Å². The first-order valence-electron chi connectivity index (χ1n) is 15.3. The lowest BCUT2D eigenvalue weighted by molar-refractivity contribution is 0.137. The molecule has 4 aromatic rings. The van der Waals surface area contributed by atoms with E-state index in [-0.39, 0.29) is 5.82 Å². The number of halogens is 2. The van der Waals surface area contributed by atoms with Gasteiger partial charge in [-0.1, -0.05) is 55.8 Å². The number of piperidine rings is 1. The number of hydrogen-bond acceptors (Lipinski definition) is 3. The Morgan fingerprint density at radius 2 is 1.85 bits per heavy atom. The van der Waals surface area contributed by atoms with E-state index in [9.17, 15) is 4.39 Å². The average molecular weight is 571 g/mol. The first-order valence-corrected chi connectivity index (χ1v) is 15.7. The Bertz CT molecular complexity index is 1520. The maximum Gasteiger partial charge on any atom is 0.127 e. The molecule has 6 rings (SSSR count). The second-order valence-corrected chi connectivity index (χ2v) is 12.3. The van der Waals surface area contributed by atoms with E-state index in [4.69, 9.17) is 21.6 Å². The lowest BCUT2D eigenvalue weighted by atomic mass is 9.85. The molecule has 6 heteroatoms. The zero-order chi connectivity index (χ0) is 28.3. The van der Waals surface area contributed by atoms with Gasteiger partial charge in [-0.15, -0.1) is 0 Å². The number of likely N-dealkylation sites (tertiary alicyclic amines) is 1. The summed E-state index contributed by atoms with van der Waals surface area (Å²) in [6.45, 7) is 9.43. The molecule has 3 heterocycles. The molecule has 0 spiro atoms. The monoisotopic (exact) mass is 570 g/mol. The predicted molar refractivity (Wildman–Crippen MR) is 167 cm³/mol. The zero-order valence-corrected chi connectivity index (χ0v) is 24.8. The lowest BCUT2D eigenvalue weighted by Gasteiger charge is -2.37. The summed E-state index contributed by atoms with van der Waals surface area (Å²) in [4.78, 5) is 12.9. The zero-order valence-electron chi connectivity index (χ0n) is 24.0. The predicted octanol–water partition coefficient (Wildman–Crippen LogP) is 8.78. The Morgan fingerprint density at radius 1 is 1.02 bits per heavy atom. The van der Waals surface area contributed by atoms with Crippen LogP contribution < -0.4 is 0 Å². The summed E-state index contributed by atoms with van der Waals surface area (Å²) >= 11 is 5.92. The minimum Gasteiger partial charge on any atom is -0.326 e. The molecule has 2 fully saturated rings. The fourth-order valence-corrected chi connectivity index (χ4v) is 6.79. The van der Waals surface area contributed by atoms with E-state index >= 15 is 0 Å². The van der Waals surface area contributed by atoms with E-state index in [1.807, 2.05) is 6.08 Å². The Hall–Kier alpha value is -3.02. The van der Waals surface area contributed by atoms with Gasteiger partial charge in [0.1, 0.15) is 11.6 Å². The summed E-state index contributed by atoms with van der Waals surface area (Å²) in [7, 11) is 0. The van der Waals surface area contributed by atoms with Crippen LogP contribution in [0.1, 0.15) is 85.7 Å². The smallest absolute Gasteiger partial charge is 0.127 e. The van der Waals surface area contributed by atoms with Crippen molar-refractivity contribution in [2.24, 2.45) is 5.92 Å². The molecule has 1 saturated carbocycles. The highest BCUT2D eigenvalue weighted by atomic mass is 35.5. The molecule has 214 valence electrons. The van der Waals surface area contributed by atoms with Crippen molar-refractivity contribution in [1.29, 1.82) is 0 Å². The van der Waals surface area contributed by atoms with Crippen molar-refractivity contribution >= 4 is 28.7 Å². The number of aromatic nitrogens is 3. The van der Waals surface area contributed by atoms with Crippen LogP contribution in [-0.2, 0) is 19.4 Å². The third kappa shape index (κ3) is 6.12. The molecule has 0 radical (unpaired) electrons. The molecule has 4 nitrogen and oxygen atoms in total. The summed E-state index contributed by atoms with van der Waals surface area (Å²) in [6.07, 6.45) is 10.5. The number of nitrogens with zero attached hydrogens (tertiary/aromatic N) is 4. The molecule has 2 aliphatic rings. The first kappa shape index (κ1) is 28.1. The van der Waals surface area contributed by atoms with Gasteiger partial charge in [0.2, 0.25) is 0 Å². The minimum atomic E-state index is -0.242. The van der Waals surface area contributed by atoms with Gasteiger partial charge < -0.3 is 4.57 Å². The Kier molecular flexibility index (Phi) is 8.55. The van der Waals surface area contributed by atoms with Crippen molar-refractivity contribution in [2.75, 3.05) is 13.1 Å². The van der Waals surface area contributed by atoms with Gasteiger partial charge in [-0.25, -0.2) is 9.37 Å². The summed E-state index contributed by atoms with van der Waals surface area (Å²) < 4.78 is 16.8. The van der Waals surface area contributed by atoms with Gasteiger partial charge in [-0.3, -0.25) is 9.88 Å². The van der Waals surface area contributed by atoms with Crippen LogP contribution in [-0.4, -0.2) is 32.5 Å². The van der Waals surface area contributed by atoms with Gasteiger partial charge in [0.05, 0.1) is 17.1 Å². The van der Waals surface area contributed by atoms with Gasteiger partial charge in [0, 0.05) is 28.9 Å². The minimum absolute atomic E-state index is 0.242. The molecule has 1 unspecified atom stereocenters. The molecule has 2 aromatic heterocycles. The number of fused-ring (bicyclic) bond motifs is 1. The highest BCUT2D eigenvalue weighted by Crippen LogP contribution is 2.36. The summed E-state index contributed by atoms with van der Waals surface area (Å²) in [5, 5.41) is 0.431. The Morgan fingerprint density at radius 3 is 2.56 bits per heavy atom. The normalized spacial score (nSPS) is 17.5. The quantitative estimate of drug-likeness (QED) is 0.191. The van der Waals surface area contributed by atoms with Gasteiger partial charge in [0.15, 0.2) is 0 Å². The number of benzene rings is 2. The SMILES string of the molecule is C=Cc1ccc2nc(C(CC)N3CCC(c4cccc(CCc5ccc(Cl)cc5F)n4)CC3)n(CC3CCC3)c2c1.